The summed E-state index contributed by atoms with van der Waals surface area (Å²) < 4.78 is 26.0. The van der Waals surface area contributed by atoms with Crippen molar-refractivity contribution in [3.8, 4) is 0 Å². The number of hydrogen-bond donors (Lipinski definition) is 0. The van der Waals surface area contributed by atoms with Crippen molar-refractivity contribution in [3.05, 3.63) is 35.4 Å². The minimum atomic E-state index is -0.996. The molecule has 0 spiro atoms. The van der Waals surface area contributed by atoms with Gasteiger partial charge in [-0.25, -0.2) is 18.5 Å². The number of carbonyl (C=O) groups excluding carboxylic acids is 2. The lowest BCUT2D eigenvalue weighted by Gasteiger charge is -2.17. The number of likely N-dealkylation sites (N-methyl/N-ethyl adjacent to an activating group) is 1. The quantitative estimate of drug-likeness (QED) is 0.584. The first-order valence-electron chi connectivity index (χ1n) is 5.10. The lowest BCUT2D eigenvalue weighted by Crippen LogP contribution is -2.31. The van der Waals surface area contributed by atoms with E-state index in [1.807, 2.05) is 0 Å². The highest BCUT2D eigenvalue weighted by Crippen LogP contribution is 2.29. The molecular weight excluding hydrogens is 266 g/mol. The van der Waals surface area contributed by atoms with Gasteiger partial charge in [0.2, 0.25) is 0 Å². The van der Waals surface area contributed by atoms with Crippen LogP contribution < -0.4 is 0 Å². The molecule has 0 aliphatic carbocycles. The van der Waals surface area contributed by atoms with Crippen LogP contribution >= 0.6 is 11.6 Å². The molecule has 1 heterocycles. The molecule has 1 aromatic carbocycles. The van der Waals surface area contributed by atoms with E-state index in [1.165, 1.54) is 18.0 Å². The Morgan fingerprint density at radius 2 is 2.06 bits per heavy atom. The van der Waals surface area contributed by atoms with E-state index < -0.39 is 29.1 Å². The van der Waals surface area contributed by atoms with Gasteiger partial charge in [-0.05, 0) is 29.3 Å². The van der Waals surface area contributed by atoms with Crippen LogP contribution in [0.1, 0.15) is 11.6 Å². The zero-order valence-corrected chi connectivity index (χ0v) is 10.1. The molecule has 1 saturated heterocycles. The summed E-state index contributed by atoms with van der Waals surface area (Å²) in [5, 5.41) is -0.892. The Bertz CT molecular complexity index is 524. The van der Waals surface area contributed by atoms with Crippen molar-refractivity contribution in [3.63, 3.8) is 0 Å². The monoisotopic (exact) mass is 274 g/mol. The highest BCUT2D eigenvalue weighted by molar-refractivity contribution is 6.64. The molecule has 1 aromatic rings. The summed E-state index contributed by atoms with van der Waals surface area (Å²) in [5.41, 5.74) is 0.408. The largest absolute Gasteiger partial charge is 0.328 e. The molecule has 3 amide bonds. The summed E-state index contributed by atoms with van der Waals surface area (Å²) in [5.74, 6) is -1.96. The Kier molecular flexibility index (Phi) is 3.21. The zero-order chi connectivity index (χ0) is 13.4. The summed E-state index contributed by atoms with van der Waals surface area (Å²) in [4.78, 5) is 24.8. The van der Waals surface area contributed by atoms with Crippen molar-refractivity contribution in [2.75, 3.05) is 13.6 Å². The van der Waals surface area contributed by atoms with Crippen LogP contribution in [-0.4, -0.2) is 34.8 Å². The molecule has 0 N–H and O–H groups in total. The second-order valence-corrected chi connectivity index (χ2v) is 4.27. The minimum Gasteiger partial charge on any atom is -0.318 e. The van der Waals surface area contributed by atoms with Crippen LogP contribution in [0, 0.1) is 11.6 Å². The number of benzene rings is 1. The number of hydrogen-bond acceptors (Lipinski definition) is 2. The molecule has 18 heavy (non-hydrogen) atoms. The molecule has 4 nitrogen and oxygen atoms in total. The third kappa shape index (κ3) is 2.03. The number of carbonyl (C=O) groups is 2. The van der Waals surface area contributed by atoms with E-state index in [0.717, 1.165) is 17.0 Å². The Labute approximate surface area is 107 Å². The lowest BCUT2D eigenvalue weighted by molar-refractivity contribution is 0.196. The van der Waals surface area contributed by atoms with Gasteiger partial charge in [0.15, 0.2) is 11.6 Å². The Morgan fingerprint density at radius 1 is 1.39 bits per heavy atom. The molecule has 1 aliphatic rings. The predicted octanol–water partition coefficient (Wildman–Crippen LogP) is 2.73. The van der Waals surface area contributed by atoms with Gasteiger partial charge in [-0.1, -0.05) is 6.07 Å². The van der Waals surface area contributed by atoms with Crippen molar-refractivity contribution in [2.24, 2.45) is 0 Å². The van der Waals surface area contributed by atoms with E-state index in [9.17, 15) is 18.4 Å². The fourth-order valence-corrected chi connectivity index (χ4v) is 2.03. The van der Waals surface area contributed by atoms with Gasteiger partial charge in [-0.2, -0.15) is 0 Å². The summed E-state index contributed by atoms with van der Waals surface area (Å²) in [6.07, 6.45) is 0. The van der Waals surface area contributed by atoms with Crippen LogP contribution in [0.2, 0.25) is 0 Å². The molecule has 0 bridgehead atoms. The van der Waals surface area contributed by atoms with Gasteiger partial charge < -0.3 is 4.90 Å². The second-order valence-electron chi connectivity index (χ2n) is 3.95. The van der Waals surface area contributed by atoms with Gasteiger partial charge >= 0.3 is 11.4 Å². The van der Waals surface area contributed by atoms with Crippen LogP contribution in [0.25, 0.3) is 0 Å². The summed E-state index contributed by atoms with van der Waals surface area (Å²) in [7, 11) is 1.47. The molecule has 1 fully saturated rings. The first-order chi connectivity index (χ1) is 8.41. The first-order valence-corrected chi connectivity index (χ1v) is 5.48. The van der Waals surface area contributed by atoms with Crippen LogP contribution in [0.15, 0.2) is 18.2 Å². The van der Waals surface area contributed by atoms with E-state index in [4.69, 9.17) is 11.6 Å². The van der Waals surface area contributed by atoms with Crippen molar-refractivity contribution in [1.82, 2.24) is 9.80 Å². The van der Waals surface area contributed by atoms with Crippen LogP contribution in [0.4, 0.5) is 18.4 Å². The number of nitrogens with zero attached hydrogens (tertiary/aromatic N) is 2. The van der Waals surface area contributed by atoms with Crippen LogP contribution in [-0.2, 0) is 0 Å². The highest BCUT2D eigenvalue weighted by atomic mass is 35.5. The summed E-state index contributed by atoms with van der Waals surface area (Å²) >= 11 is 5.26. The molecule has 0 aromatic heterocycles. The summed E-state index contributed by atoms with van der Waals surface area (Å²) in [6.45, 7) is 0.0166. The highest BCUT2D eigenvalue weighted by Gasteiger charge is 2.38. The van der Waals surface area contributed by atoms with Gasteiger partial charge in [0.1, 0.15) is 0 Å². The average Bonchev–Trinajstić information content (AvgIpc) is 2.60. The third-order valence-corrected chi connectivity index (χ3v) is 3.10. The van der Waals surface area contributed by atoms with Gasteiger partial charge in [-0.3, -0.25) is 4.79 Å². The molecule has 1 atom stereocenters. The Balaban J connectivity index is 2.32. The maximum atomic E-state index is 13.1. The normalized spacial score (nSPS) is 19.6. The van der Waals surface area contributed by atoms with Gasteiger partial charge in [0.05, 0.1) is 12.6 Å². The van der Waals surface area contributed by atoms with E-state index in [-0.39, 0.29) is 6.54 Å². The predicted molar refractivity (Wildman–Crippen MR) is 60.2 cm³/mol. The summed E-state index contributed by atoms with van der Waals surface area (Å²) in [6, 6.07) is 2.26. The van der Waals surface area contributed by atoms with Gasteiger partial charge in [-0.15, -0.1) is 0 Å². The number of imide groups is 1. The van der Waals surface area contributed by atoms with E-state index in [2.05, 4.69) is 0 Å². The fourth-order valence-electron chi connectivity index (χ4n) is 1.89. The SMILES string of the molecule is CN1C(=O)N(C(=O)Cl)CC1c1ccc(F)c(F)c1. The zero-order valence-electron chi connectivity index (χ0n) is 9.36. The lowest BCUT2D eigenvalue weighted by atomic mass is 10.1. The van der Waals surface area contributed by atoms with E-state index >= 15 is 0 Å². The maximum absolute atomic E-state index is 13.1. The first kappa shape index (κ1) is 12.8. The second kappa shape index (κ2) is 4.53. The Morgan fingerprint density at radius 3 is 2.56 bits per heavy atom. The van der Waals surface area contributed by atoms with E-state index in [1.54, 1.807) is 0 Å². The molecular formula is C11H9ClF2N2O2. The molecule has 0 radical (unpaired) electrons. The van der Waals surface area contributed by atoms with Crippen molar-refractivity contribution in [1.29, 1.82) is 0 Å². The molecule has 0 saturated carbocycles. The average molecular weight is 275 g/mol. The van der Waals surface area contributed by atoms with Crippen LogP contribution in [0.5, 0.6) is 0 Å². The molecule has 1 aliphatic heterocycles. The van der Waals surface area contributed by atoms with Gasteiger partial charge in [0.25, 0.3) is 0 Å². The van der Waals surface area contributed by atoms with Crippen LogP contribution in [0.3, 0.4) is 0 Å². The molecule has 7 heteroatoms. The van der Waals surface area contributed by atoms with Crippen molar-refractivity contribution < 1.29 is 18.4 Å². The molecule has 96 valence electrons. The fraction of sp³-hybridized carbons (Fsp3) is 0.273. The topological polar surface area (TPSA) is 40.6 Å². The number of rotatable bonds is 1. The third-order valence-electron chi connectivity index (χ3n) is 2.90. The van der Waals surface area contributed by atoms with Gasteiger partial charge in [0, 0.05) is 7.05 Å². The van der Waals surface area contributed by atoms with Crippen molar-refractivity contribution >= 4 is 23.0 Å². The van der Waals surface area contributed by atoms with E-state index in [0.29, 0.717) is 5.56 Å². The minimum absolute atomic E-state index is 0.0166. The number of halogens is 3. The maximum Gasteiger partial charge on any atom is 0.328 e. The number of amides is 3. The smallest absolute Gasteiger partial charge is 0.318 e. The molecule has 1 unspecified atom stereocenters. The standard InChI is InChI=1S/C11H9ClF2N2O2/c1-15-9(5-16(10(12)17)11(15)18)6-2-3-7(13)8(14)4-6/h2-4,9H,5H2,1H3. The molecule has 2 rings (SSSR count). The van der Waals surface area contributed by atoms with Crippen molar-refractivity contribution in [2.45, 2.75) is 6.04 Å². The number of urea groups is 1. The Hall–Kier alpha value is -1.69.